The second-order valence-electron chi connectivity index (χ2n) is 5.99. The molecule has 2 amide bonds. The van der Waals surface area contributed by atoms with Gasteiger partial charge in [0, 0.05) is 11.4 Å². The Morgan fingerprint density at radius 3 is 3.00 bits per heavy atom. The number of hydrogen-bond donors (Lipinski definition) is 1. The molecule has 126 valence electrons. The molecule has 1 aliphatic heterocycles. The van der Waals surface area contributed by atoms with Crippen LogP contribution < -0.4 is 15.0 Å². The van der Waals surface area contributed by atoms with E-state index >= 15 is 0 Å². The molecular weight excluding hydrogens is 326 g/mol. The first-order valence-corrected chi connectivity index (χ1v) is 8.61. The van der Waals surface area contributed by atoms with Crippen LogP contribution in [-0.2, 0) is 11.3 Å². The number of nitrogens with zero attached hydrogens (tertiary/aromatic N) is 2. The lowest BCUT2D eigenvalue weighted by Crippen LogP contribution is -2.38. The topological polar surface area (TPSA) is 71.5 Å². The van der Waals surface area contributed by atoms with Crippen molar-refractivity contribution < 1.29 is 14.3 Å². The molecule has 1 aliphatic rings. The Bertz CT molecular complexity index is 785. The van der Waals surface area contributed by atoms with Crippen LogP contribution in [0, 0.1) is 6.92 Å². The van der Waals surface area contributed by atoms with Crippen LogP contribution in [0.4, 0.5) is 5.69 Å². The lowest BCUT2D eigenvalue weighted by atomic mass is 10.1. The zero-order valence-corrected chi connectivity index (χ0v) is 14.6. The third kappa shape index (κ3) is 3.41. The Kier molecular flexibility index (Phi) is 4.53. The zero-order valence-electron chi connectivity index (χ0n) is 13.8. The molecular formula is C17H19N3O3S. The van der Waals surface area contributed by atoms with Crippen molar-refractivity contribution in [1.29, 1.82) is 0 Å². The van der Waals surface area contributed by atoms with Crippen molar-refractivity contribution in [3.8, 4) is 5.75 Å². The molecule has 7 heteroatoms. The zero-order chi connectivity index (χ0) is 17.3. The number of aryl methyl sites for hydroxylation is 1. The van der Waals surface area contributed by atoms with Gasteiger partial charge in [0.05, 0.1) is 12.2 Å². The average molecular weight is 345 g/mol. The highest BCUT2D eigenvalue weighted by Gasteiger charge is 2.26. The normalized spacial score (nSPS) is 13.7. The maximum Gasteiger partial charge on any atom is 0.270 e. The Morgan fingerprint density at radius 1 is 1.46 bits per heavy atom. The van der Waals surface area contributed by atoms with Gasteiger partial charge in [-0.1, -0.05) is 6.07 Å². The maximum atomic E-state index is 12.2. The van der Waals surface area contributed by atoms with Crippen molar-refractivity contribution >= 4 is 28.8 Å². The number of fused-ring (bicyclic) bond motifs is 1. The fourth-order valence-corrected chi connectivity index (χ4v) is 3.21. The highest BCUT2D eigenvalue weighted by Crippen LogP contribution is 2.34. The van der Waals surface area contributed by atoms with E-state index in [9.17, 15) is 9.59 Å². The molecule has 2 heterocycles. The van der Waals surface area contributed by atoms with Gasteiger partial charge in [0.25, 0.3) is 11.8 Å². The van der Waals surface area contributed by atoms with E-state index in [-0.39, 0.29) is 24.5 Å². The van der Waals surface area contributed by atoms with E-state index in [4.69, 9.17) is 4.74 Å². The number of thiazole rings is 1. The molecule has 1 aromatic heterocycles. The molecule has 6 nitrogen and oxygen atoms in total. The molecule has 0 unspecified atom stereocenters. The number of anilines is 1. The predicted molar refractivity (Wildman–Crippen MR) is 92.6 cm³/mol. The maximum absolute atomic E-state index is 12.2. The van der Waals surface area contributed by atoms with Crippen LogP contribution in [0.3, 0.4) is 0 Å². The van der Waals surface area contributed by atoms with Crippen LogP contribution in [0.15, 0.2) is 23.6 Å². The van der Waals surface area contributed by atoms with Gasteiger partial charge in [-0.25, -0.2) is 4.98 Å². The molecule has 24 heavy (non-hydrogen) atoms. The van der Waals surface area contributed by atoms with E-state index in [0.29, 0.717) is 23.0 Å². The van der Waals surface area contributed by atoms with Gasteiger partial charge >= 0.3 is 0 Å². The SMILES string of the molecule is Cc1ccc2c(c1)OCC(=O)N2Cc1nc(C(=O)NC(C)C)cs1. The number of rotatable bonds is 4. The largest absolute Gasteiger partial charge is 0.482 e. The minimum atomic E-state index is -0.197. The first-order valence-electron chi connectivity index (χ1n) is 7.73. The predicted octanol–water partition coefficient (Wildman–Crippen LogP) is 2.52. The van der Waals surface area contributed by atoms with E-state index in [1.165, 1.54) is 11.3 Å². The van der Waals surface area contributed by atoms with E-state index in [0.717, 1.165) is 11.3 Å². The van der Waals surface area contributed by atoms with Gasteiger partial charge in [-0.3, -0.25) is 14.5 Å². The summed E-state index contributed by atoms with van der Waals surface area (Å²) in [5, 5.41) is 5.24. The molecule has 1 N–H and O–H groups in total. The van der Waals surface area contributed by atoms with Crippen LogP contribution >= 0.6 is 11.3 Å². The molecule has 0 radical (unpaired) electrons. The molecule has 0 saturated carbocycles. The Morgan fingerprint density at radius 2 is 2.25 bits per heavy atom. The van der Waals surface area contributed by atoms with Gasteiger partial charge < -0.3 is 10.1 Å². The van der Waals surface area contributed by atoms with Crippen molar-refractivity contribution in [2.75, 3.05) is 11.5 Å². The fourth-order valence-electron chi connectivity index (χ4n) is 2.44. The third-order valence-corrected chi connectivity index (χ3v) is 4.39. The van der Waals surface area contributed by atoms with Gasteiger partial charge in [0.2, 0.25) is 0 Å². The average Bonchev–Trinajstić information content (AvgIpc) is 2.98. The van der Waals surface area contributed by atoms with E-state index in [2.05, 4.69) is 10.3 Å². The van der Waals surface area contributed by atoms with E-state index in [1.54, 1.807) is 10.3 Å². The minimum absolute atomic E-state index is 0.0164. The van der Waals surface area contributed by atoms with Gasteiger partial charge in [-0.05, 0) is 38.5 Å². The van der Waals surface area contributed by atoms with Gasteiger partial charge in [-0.15, -0.1) is 11.3 Å². The van der Waals surface area contributed by atoms with Crippen molar-refractivity contribution in [3.05, 3.63) is 39.8 Å². The summed E-state index contributed by atoms with van der Waals surface area (Å²) in [7, 11) is 0. The molecule has 0 spiro atoms. The van der Waals surface area contributed by atoms with Crippen LogP contribution in [-0.4, -0.2) is 29.4 Å². The van der Waals surface area contributed by atoms with Crippen molar-refractivity contribution in [1.82, 2.24) is 10.3 Å². The smallest absolute Gasteiger partial charge is 0.270 e. The lowest BCUT2D eigenvalue weighted by molar-refractivity contribution is -0.121. The summed E-state index contributed by atoms with van der Waals surface area (Å²) >= 11 is 1.37. The molecule has 2 aromatic rings. The number of carbonyl (C=O) groups is 2. The third-order valence-electron chi connectivity index (χ3n) is 3.56. The Balaban J connectivity index is 1.80. The number of aromatic nitrogens is 1. The number of benzene rings is 1. The van der Waals surface area contributed by atoms with Gasteiger partial charge in [0.15, 0.2) is 6.61 Å². The van der Waals surface area contributed by atoms with Crippen molar-refractivity contribution in [2.24, 2.45) is 0 Å². The molecule has 0 bridgehead atoms. The van der Waals surface area contributed by atoms with Crippen LogP contribution in [0.2, 0.25) is 0 Å². The summed E-state index contributed by atoms with van der Waals surface area (Å²) in [6.45, 7) is 6.12. The summed E-state index contributed by atoms with van der Waals surface area (Å²) < 4.78 is 5.50. The molecule has 0 fully saturated rings. The van der Waals surface area contributed by atoms with Gasteiger partial charge in [0.1, 0.15) is 16.5 Å². The monoisotopic (exact) mass is 345 g/mol. The summed E-state index contributed by atoms with van der Waals surface area (Å²) in [5.41, 5.74) is 2.19. The standard InChI is InChI=1S/C17H19N3O3S/c1-10(2)18-17(22)12-9-24-15(19-12)7-20-13-5-4-11(3)6-14(13)23-8-16(20)21/h4-6,9-10H,7-8H2,1-3H3,(H,18,22). The summed E-state index contributed by atoms with van der Waals surface area (Å²) in [6.07, 6.45) is 0. The number of nitrogens with one attached hydrogen (secondary N) is 1. The number of hydrogen-bond acceptors (Lipinski definition) is 5. The molecule has 0 aliphatic carbocycles. The second kappa shape index (κ2) is 6.60. The molecule has 3 rings (SSSR count). The first-order chi connectivity index (χ1) is 11.4. The van der Waals surface area contributed by atoms with Crippen LogP contribution in [0.5, 0.6) is 5.75 Å². The Labute approximate surface area is 144 Å². The number of amides is 2. The quantitative estimate of drug-likeness (QED) is 0.924. The second-order valence-corrected chi connectivity index (χ2v) is 6.94. The van der Waals surface area contributed by atoms with Crippen LogP contribution in [0.1, 0.15) is 34.9 Å². The van der Waals surface area contributed by atoms with Crippen LogP contribution in [0.25, 0.3) is 0 Å². The highest BCUT2D eigenvalue weighted by molar-refractivity contribution is 7.09. The fraction of sp³-hybridized carbons (Fsp3) is 0.353. The first kappa shape index (κ1) is 16.4. The van der Waals surface area contributed by atoms with Crippen molar-refractivity contribution in [2.45, 2.75) is 33.4 Å². The lowest BCUT2D eigenvalue weighted by Gasteiger charge is -2.28. The van der Waals surface area contributed by atoms with Crippen molar-refractivity contribution in [3.63, 3.8) is 0 Å². The number of carbonyl (C=O) groups excluding carboxylic acids is 2. The summed E-state index contributed by atoms with van der Waals surface area (Å²) in [4.78, 5) is 30.2. The van der Waals surface area contributed by atoms with Gasteiger partial charge in [-0.2, -0.15) is 0 Å². The molecule has 1 aromatic carbocycles. The summed E-state index contributed by atoms with van der Waals surface area (Å²) in [5.74, 6) is 0.385. The Hall–Kier alpha value is -2.41. The van der Waals surface area contributed by atoms with E-state index in [1.807, 2.05) is 39.0 Å². The van der Waals surface area contributed by atoms with E-state index < -0.39 is 0 Å². The number of ether oxygens (including phenoxy) is 1. The minimum Gasteiger partial charge on any atom is -0.482 e. The molecule has 0 saturated heterocycles. The summed E-state index contributed by atoms with van der Waals surface area (Å²) in [6, 6.07) is 5.79. The highest BCUT2D eigenvalue weighted by atomic mass is 32.1. The molecule has 0 atom stereocenters.